The molecule has 3 aromatic rings. The molecule has 16 nitrogen and oxygen atoms in total. The van der Waals surface area contributed by atoms with Gasteiger partial charge in [0.05, 0.1) is 18.1 Å². The van der Waals surface area contributed by atoms with E-state index in [0.717, 1.165) is 25.7 Å². The van der Waals surface area contributed by atoms with Gasteiger partial charge in [0.15, 0.2) is 5.43 Å². The number of rotatable bonds is 23. The minimum Gasteiger partial charge on any atom is -0.872 e. The van der Waals surface area contributed by atoms with Gasteiger partial charge in [0.2, 0.25) is 6.29 Å². The van der Waals surface area contributed by atoms with Crippen LogP contribution < -0.4 is 31.0 Å². The van der Waals surface area contributed by atoms with Crippen LogP contribution in [-0.2, 0) is 22.6 Å². The maximum atomic E-state index is 13.6. The fourth-order valence-electron chi connectivity index (χ4n) is 8.10. The minimum absolute atomic E-state index is 0.0110. The normalized spacial score (nSPS) is 18.3. The fraction of sp³-hybridized carbons (Fsp3) is 0.440. The SMILES string of the molecule is CCCCCCCCCCCCCCNC(=O)c1cc(COC(=O)NCc2ccc(-c3c4ccc(=O)cc-4oc4cc([O-])ccc34)c(C(=O)[O-])c2)ccc1O[C@@H]1OC(CO)[C@H](O)[C@H](O)C1O. The number of aromatic carboxylic acids is 1. The second kappa shape index (κ2) is 23.9. The van der Waals surface area contributed by atoms with Crippen LogP contribution in [0.25, 0.3) is 33.4 Å². The summed E-state index contributed by atoms with van der Waals surface area (Å²) < 4.78 is 22.7. The highest BCUT2D eigenvalue weighted by molar-refractivity contribution is 6.07. The van der Waals surface area contributed by atoms with Crippen LogP contribution in [0.5, 0.6) is 11.5 Å². The van der Waals surface area contributed by atoms with Gasteiger partial charge < -0.3 is 64.7 Å². The maximum Gasteiger partial charge on any atom is 0.407 e. The van der Waals surface area contributed by atoms with Crippen molar-refractivity contribution in [3.63, 3.8) is 0 Å². The Balaban J connectivity index is 1.09. The van der Waals surface area contributed by atoms with Gasteiger partial charge in [-0.25, -0.2) is 4.79 Å². The molecule has 1 saturated heterocycles. The fourth-order valence-corrected chi connectivity index (χ4v) is 8.10. The van der Waals surface area contributed by atoms with Crippen molar-refractivity contribution in [2.24, 2.45) is 0 Å². The molecule has 1 aliphatic carbocycles. The van der Waals surface area contributed by atoms with E-state index in [1.165, 1.54) is 118 Å². The van der Waals surface area contributed by atoms with Crippen LogP contribution in [0.3, 0.4) is 0 Å². The monoisotopic (exact) mass is 910 g/mol. The van der Waals surface area contributed by atoms with Gasteiger partial charge in [-0.3, -0.25) is 9.59 Å². The number of nitrogens with one attached hydrogen (secondary N) is 2. The Morgan fingerprint density at radius 3 is 2.09 bits per heavy atom. The van der Waals surface area contributed by atoms with Crippen molar-refractivity contribution in [1.82, 2.24) is 10.6 Å². The molecule has 0 saturated carbocycles. The number of carboxylic acids is 1. The number of carbonyl (C=O) groups excluding carboxylic acids is 3. The number of alkyl carbamates (subject to hydrolysis) is 1. The zero-order valence-electron chi connectivity index (χ0n) is 37.0. The van der Waals surface area contributed by atoms with Crippen molar-refractivity contribution < 1.29 is 63.7 Å². The third kappa shape index (κ3) is 12.9. The zero-order chi connectivity index (χ0) is 47.2. The first-order valence-corrected chi connectivity index (χ1v) is 22.7. The molecule has 66 heavy (non-hydrogen) atoms. The molecule has 2 aliphatic heterocycles. The highest BCUT2D eigenvalue weighted by Gasteiger charge is 2.45. The molecule has 3 aromatic carbocycles. The number of aliphatic hydroxyl groups excluding tert-OH is 4. The lowest BCUT2D eigenvalue weighted by Crippen LogP contribution is -2.60. The number of fused-ring (bicyclic) bond motifs is 2. The molecule has 2 heterocycles. The number of hydrogen-bond donors (Lipinski definition) is 6. The first-order chi connectivity index (χ1) is 31.9. The van der Waals surface area contributed by atoms with Crippen molar-refractivity contribution in [2.45, 2.75) is 128 Å². The highest BCUT2D eigenvalue weighted by Crippen LogP contribution is 2.42. The van der Waals surface area contributed by atoms with Gasteiger partial charge in [-0.15, -0.1) is 5.75 Å². The molecule has 0 spiro atoms. The molecular formula is C50H58N2O14-2. The number of benzene rings is 4. The molecule has 2 unspecified atom stereocenters. The lowest BCUT2D eigenvalue weighted by atomic mass is 9.90. The van der Waals surface area contributed by atoms with Crippen LogP contribution in [0.4, 0.5) is 4.79 Å². The number of hydrogen-bond acceptors (Lipinski definition) is 14. The quantitative estimate of drug-likeness (QED) is 0.0371. The van der Waals surface area contributed by atoms with Gasteiger partial charge in [-0.1, -0.05) is 108 Å². The summed E-state index contributed by atoms with van der Waals surface area (Å²) in [5.41, 5.74) is 1.46. The molecule has 354 valence electrons. The van der Waals surface area contributed by atoms with Crippen LogP contribution in [0.1, 0.15) is 116 Å². The molecule has 0 radical (unpaired) electrons. The number of aliphatic hydroxyl groups is 4. The standard InChI is InChI=1S/C50H60N2O14/c1-2-3-4-5-6-7-8-9-10-11-12-13-22-51-47(59)38-24-31(15-21-39(38)65-49-46(58)45(57)44(56)42(28-53)66-49)29-63-50(62)52-27-30-14-18-34(37(23-30)48(60)61)43-35-19-16-32(54)25-40(35)64-41-26-33(55)17-20-36(41)43/h14-21,23-26,42,44-46,49,53-54,56-58H,2-13,22,27-29H2,1H3,(H,51,59)(H,52,62)(H,60,61)/p-2/t42?,44-,45-,46?,49+/m0/s1. The average Bonchev–Trinajstić information content (AvgIpc) is 3.31. The summed E-state index contributed by atoms with van der Waals surface area (Å²) in [4.78, 5) is 51.3. The van der Waals surface area contributed by atoms with Gasteiger partial charge >= 0.3 is 6.09 Å². The van der Waals surface area contributed by atoms with Crippen LogP contribution in [-0.4, -0.2) is 82.3 Å². The summed E-state index contributed by atoms with van der Waals surface area (Å²) in [5.74, 6) is -2.25. The van der Waals surface area contributed by atoms with E-state index < -0.39 is 55.3 Å². The Labute approximate surface area is 382 Å². The molecule has 6 N–H and O–H groups in total. The Morgan fingerprint density at radius 1 is 0.727 bits per heavy atom. The zero-order valence-corrected chi connectivity index (χ0v) is 37.0. The van der Waals surface area contributed by atoms with Gasteiger partial charge in [0, 0.05) is 41.2 Å². The lowest BCUT2D eigenvalue weighted by Gasteiger charge is -2.39. The lowest BCUT2D eigenvalue weighted by molar-refractivity contribution is -0.277. The highest BCUT2D eigenvalue weighted by atomic mass is 16.7. The maximum absolute atomic E-state index is 13.6. The topological polar surface area (TPSA) is 260 Å². The van der Waals surface area contributed by atoms with E-state index in [9.17, 15) is 49.8 Å². The van der Waals surface area contributed by atoms with Crippen molar-refractivity contribution in [3.05, 3.63) is 105 Å². The second-order valence-corrected chi connectivity index (χ2v) is 16.7. The molecule has 0 aromatic heterocycles. The van der Waals surface area contributed by atoms with Crippen LogP contribution in [0, 0.1) is 0 Å². The van der Waals surface area contributed by atoms with E-state index in [2.05, 4.69) is 17.6 Å². The predicted molar refractivity (Wildman–Crippen MR) is 240 cm³/mol. The van der Waals surface area contributed by atoms with Crippen molar-refractivity contribution in [1.29, 1.82) is 0 Å². The third-order valence-corrected chi connectivity index (χ3v) is 11.7. The van der Waals surface area contributed by atoms with Crippen LogP contribution in [0.2, 0.25) is 0 Å². The summed E-state index contributed by atoms with van der Waals surface area (Å²) in [6.07, 6.45) is 5.25. The number of carboxylic acid groups (broad SMARTS) is 1. The van der Waals surface area contributed by atoms with Gasteiger partial charge in [-0.05, 0) is 59.5 Å². The first-order valence-electron chi connectivity index (χ1n) is 22.7. The number of amides is 2. The Hall–Kier alpha value is -6.04. The summed E-state index contributed by atoms with van der Waals surface area (Å²) in [6.45, 7) is 1.46. The Bertz CT molecular complexity index is 2450. The second-order valence-electron chi connectivity index (χ2n) is 16.7. The average molecular weight is 911 g/mol. The Kier molecular flexibility index (Phi) is 17.9. The molecule has 5 atom stereocenters. The van der Waals surface area contributed by atoms with Crippen LogP contribution in [0.15, 0.2) is 82.0 Å². The smallest absolute Gasteiger partial charge is 0.407 e. The molecule has 3 aliphatic rings. The minimum atomic E-state index is -1.72. The summed E-state index contributed by atoms with van der Waals surface area (Å²) in [7, 11) is 0. The molecule has 1 fully saturated rings. The molecular weight excluding hydrogens is 853 g/mol. The molecule has 6 rings (SSSR count). The predicted octanol–water partition coefficient (Wildman–Crippen LogP) is 5.04. The van der Waals surface area contributed by atoms with E-state index in [-0.39, 0.29) is 58.1 Å². The van der Waals surface area contributed by atoms with Crippen molar-refractivity contribution in [3.8, 4) is 33.9 Å². The largest absolute Gasteiger partial charge is 0.872 e. The first kappa shape index (κ1) is 49.4. The molecule has 2 amide bonds. The van der Waals surface area contributed by atoms with Crippen molar-refractivity contribution >= 4 is 28.9 Å². The van der Waals surface area contributed by atoms with Gasteiger partial charge in [0.25, 0.3) is 5.91 Å². The summed E-state index contributed by atoms with van der Waals surface area (Å²) >= 11 is 0. The number of ether oxygens (including phenoxy) is 3. The van der Waals surface area contributed by atoms with Crippen molar-refractivity contribution in [2.75, 3.05) is 13.2 Å². The Morgan fingerprint density at radius 2 is 1.39 bits per heavy atom. The summed E-state index contributed by atoms with van der Waals surface area (Å²) in [6, 6.07) is 17.0. The van der Waals surface area contributed by atoms with E-state index >= 15 is 0 Å². The molecule has 0 bridgehead atoms. The number of carbonyl (C=O) groups is 3. The van der Waals surface area contributed by atoms with Crippen LogP contribution >= 0.6 is 0 Å². The number of unbranched alkanes of at least 4 members (excludes halogenated alkanes) is 11. The molecule has 16 heteroatoms. The van der Waals surface area contributed by atoms with E-state index in [4.69, 9.17) is 18.6 Å². The van der Waals surface area contributed by atoms with E-state index in [1.54, 1.807) is 6.07 Å². The van der Waals surface area contributed by atoms with Gasteiger partial charge in [-0.2, -0.15) is 0 Å². The van der Waals surface area contributed by atoms with E-state index in [0.29, 0.717) is 34.2 Å². The third-order valence-electron chi connectivity index (χ3n) is 11.7. The van der Waals surface area contributed by atoms with E-state index in [1.807, 2.05) is 0 Å². The van der Waals surface area contributed by atoms with Gasteiger partial charge in [0.1, 0.15) is 48.1 Å². The summed E-state index contributed by atoms with van der Waals surface area (Å²) in [5, 5.41) is 71.5.